The molecule has 0 amide bonds. The molecule has 0 spiro atoms. The summed E-state index contributed by atoms with van der Waals surface area (Å²) in [6, 6.07) is 9.38. The number of hydrogen-bond acceptors (Lipinski definition) is 6. The van der Waals surface area contributed by atoms with Gasteiger partial charge in [-0.1, -0.05) is 18.2 Å². The molecule has 3 aromatic rings. The number of rotatable bonds is 5. The lowest BCUT2D eigenvalue weighted by molar-refractivity contribution is -0.0358. The zero-order valence-corrected chi connectivity index (χ0v) is 16.1. The Balaban J connectivity index is 1.62. The largest absolute Gasteiger partial charge is 0.455 e. The Bertz CT molecular complexity index is 963. The SMILES string of the molecule is CC(C)(CN1CCOCC1)OC(=O)c1cc(-c2cn[nH]c2)nc2ccccc12. The number of para-hydroxylation sites is 1. The minimum atomic E-state index is -0.616. The van der Waals surface area contributed by atoms with Crippen molar-refractivity contribution in [2.45, 2.75) is 19.4 Å². The summed E-state index contributed by atoms with van der Waals surface area (Å²) in [5.41, 5.74) is 2.16. The first-order valence-corrected chi connectivity index (χ1v) is 9.44. The minimum absolute atomic E-state index is 0.346. The van der Waals surface area contributed by atoms with Crippen molar-refractivity contribution in [1.29, 1.82) is 0 Å². The predicted octanol–water partition coefficient (Wildman–Crippen LogP) is 2.89. The van der Waals surface area contributed by atoms with E-state index >= 15 is 0 Å². The molecule has 0 atom stereocenters. The Morgan fingerprint density at radius 3 is 2.82 bits per heavy atom. The first-order chi connectivity index (χ1) is 13.5. The monoisotopic (exact) mass is 380 g/mol. The number of benzene rings is 1. The van der Waals surface area contributed by atoms with Gasteiger partial charge in [-0.15, -0.1) is 0 Å². The Labute approximate surface area is 163 Å². The minimum Gasteiger partial charge on any atom is -0.455 e. The van der Waals surface area contributed by atoms with E-state index in [1.807, 2.05) is 38.1 Å². The maximum absolute atomic E-state index is 13.1. The first kappa shape index (κ1) is 18.6. The van der Waals surface area contributed by atoms with Gasteiger partial charge in [0.2, 0.25) is 0 Å². The summed E-state index contributed by atoms with van der Waals surface area (Å²) < 4.78 is 11.3. The lowest BCUT2D eigenvalue weighted by Gasteiger charge is -2.34. The molecule has 0 bridgehead atoms. The number of ether oxygens (including phenoxy) is 2. The van der Waals surface area contributed by atoms with Crippen LogP contribution in [0.3, 0.4) is 0 Å². The van der Waals surface area contributed by atoms with Crippen LogP contribution in [-0.4, -0.2) is 64.5 Å². The van der Waals surface area contributed by atoms with Crippen molar-refractivity contribution in [3.05, 3.63) is 48.3 Å². The second kappa shape index (κ2) is 7.69. The van der Waals surface area contributed by atoms with Gasteiger partial charge < -0.3 is 9.47 Å². The van der Waals surface area contributed by atoms with E-state index in [-0.39, 0.29) is 5.97 Å². The molecule has 1 aromatic carbocycles. The third kappa shape index (κ3) is 4.05. The third-order valence-corrected chi connectivity index (χ3v) is 4.81. The van der Waals surface area contributed by atoms with Crippen molar-refractivity contribution in [1.82, 2.24) is 20.1 Å². The summed E-state index contributed by atoms with van der Waals surface area (Å²) in [5, 5.41) is 7.55. The van der Waals surface area contributed by atoms with Gasteiger partial charge in [0, 0.05) is 36.8 Å². The Hall–Kier alpha value is -2.77. The van der Waals surface area contributed by atoms with Gasteiger partial charge in [-0.25, -0.2) is 9.78 Å². The molecule has 7 nitrogen and oxygen atoms in total. The number of pyridine rings is 1. The number of nitrogens with zero attached hydrogens (tertiary/aromatic N) is 3. The van der Waals surface area contributed by atoms with E-state index in [4.69, 9.17) is 9.47 Å². The lowest BCUT2D eigenvalue weighted by Crippen LogP contribution is -2.46. The van der Waals surface area contributed by atoms with Gasteiger partial charge in [-0.3, -0.25) is 10.00 Å². The number of fused-ring (bicyclic) bond motifs is 1. The average Bonchev–Trinajstić information content (AvgIpc) is 3.22. The van der Waals surface area contributed by atoms with Crippen molar-refractivity contribution < 1.29 is 14.3 Å². The van der Waals surface area contributed by atoms with Gasteiger partial charge in [-0.05, 0) is 26.0 Å². The first-order valence-electron chi connectivity index (χ1n) is 9.44. The van der Waals surface area contributed by atoms with Crippen LogP contribution in [0.5, 0.6) is 0 Å². The van der Waals surface area contributed by atoms with Crippen molar-refractivity contribution in [2.75, 3.05) is 32.8 Å². The Morgan fingerprint density at radius 1 is 1.29 bits per heavy atom. The molecule has 0 unspecified atom stereocenters. The summed E-state index contributed by atoms with van der Waals surface area (Å²) in [6.45, 7) is 7.69. The maximum Gasteiger partial charge on any atom is 0.339 e. The molecule has 1 fully saturated rings. The summed E-state index contributed by atoms with van der Waals surface area (Å²) in [6.07, 6.45) is 3.45. The summed E-state index contributed by atoms with van der Waals surface area (Å²) in [4.78, 5) is 20.0. The third-order valence-electron chi connectivity index (χ3n) is 4.81. The number of hydrogen-bond donors (Lipinski definition) is 1. The van der Waals surface area contributed by atoms with Crippen molar-refractivity contribution in [3.63, 3.8) is 0 Å². The number of carbonyl (C=O) groups excluding carboxylic acids is 1. The standard InChI is InChI=1S/C21H24N4O3/c1-21(2,14-25-7-9-27-10-8-25)28-20(26)17-11-19(15-12-22-23-13-15)24-18-6-4-3-5-16(17)18/h3-6,11-13H,7-10,14H2,1-2H3,(H,22,23). The summed E-state index contributed by atoms with van der Waals surface area (Å²) >= 11 is 0. The number of H-pyrrole nitrogens is 1. The molecule has 28 heavy (non-hydrogen) atoms. The number of carbonyl (C=O) groups is 1. The van der Waals surface area contributed by atoms with Crippen molar-refractivity contribution >= 4 is 16.9 Å². The molecule has 1 aliphatic rings. The van der Waals surface area contributed by atoms with E-state index in [0.717, 1.165) is 29.6 Å². The van der Waals surface area contributed by atoms with Gasteiger partial charge in [0.15, 0.2) is 0 Å². The number of esters is 1. The molecular weight excluding hydrogens is 356 g/mol. The fourth-order valence-electron chi connectivity index (χ4n) is 3.52. The molecule has 0 aliphatic carbocycles. The Morgan fingerprint density at radius 2 is 2.07 bits per heavy atom. The van der Waals surface area contributed by atoms with E-state index in [2.05, 4.69) is 20.1 Å². The molecule has 4 rings (SSSR count). The highest BCUT2D eigenvalue weighted by atomic mass is 16.6. The van der Waals surface area contributed by atoms with Crippen LogP contribution in [0.1, 0.15) is 24.2 Å². The van der Waals surface area contributed by atoms with Crippen LogP contribution in [0.15, 0.2) is 42.7 Å². The van der Waals surface area contributed by atoms with Gasteiger partial charge in [0.25, 0.3) is 0 Å². The highest BCUT2D eigenvalue weighted by Gasteiger charge is 2.28. The molecular formula is C21H24N4O3. The predicted molar refractivity (Wildman–Crippen MR) is 106 cm³/mol. The number of aromatic amines is 1. The molecule has 1 aliphatic heterocycles. The summed E-state index contributed by atoms with van der Waals surface area (Å²) in [7, 11) is 0. The molecule has 1 N–H and O–H groups in total. The zero-order chi connectivity index (χ0) is 19.6. The maximum atomic E-state index is 13.1. The van der Waals surface area contributed by atoms with Crippen LogP contribution in [0.2, 0.25) is 0 Å². The molecule has 1 saturated heterocycles. The summed E-state index contributed by atoms with van der Waals surface area (Å²) in [5.74, 6) is -0.346. The number of morpholine rings is 1. The second-order valence-corrected chi connectivity index (χ2v) is 7.60. The Kier molecular flexibility index (Phi) is 5.11. The smallest absolute Gasteiger partial charge is 0.339 e. The molecule has 0 saturated carbocycles. The van der Waals surface area contributed by atoms with E-state index < -0.39 is 5.60 Å². The molecule has 0 radical (unpaired) electrons. The average molecular weight is 380 g/mol. The van der Waals surface area contributed by atoms with Crippen LogP contribution in [0.4, 0.5) is 0 Å². The normalized spacial score (nSPS) is 15.6. The molecule has 3 heterocycles. The molecule has 146 valence electrons. The van der Waals surface area contributed by atoms with Crippen molar-refractivity contribution in [2.24, 2.45) is 0 Å². The zero-order valence-electron chi connectivity index (χ0n) is 16.1. The van der Waals surface area contributed by atoms with E-state index in [0.29, 0.717) is 31.0 Å². The second-order valence-electron chi connectivity index (χ2n) is 7.60. The fourth-order valence-corrected chi connectivity index (χ4v) is 3.52. The van der Waals surface area contributed by atoms with Crippen LogP contribution < -0.4 is 0 Å². The molecule has 2 aromatic heterocycles. The number of nitrogens with one attached hydrogen (secondary N) is 1. The van der Waals surface area contributed by atoms with Crippen LogP contribution >= 0.6 is 0 Å². The fraction of sp³-hybridized carbons (Fsp3) is 0.381. The van der Waals surface area contributed by atoms with Gasteiger partial charge in [-0.2, -0.15) is 5.10 Å². The quantitative estimate of drug-likeness (QED) is 0.686. The topological polar surface area (TPSA) is 80.3 Å². The van der Waals surface area contributed by atoms with Gasteiger partial charge in [0.1, 0.15) is 5.60 Å². The van der Waals surface area contributed by atoms with Crippen molar-refractivity contribution in [3.8, 4) is 11.3 Å². The van der Waals surface area contributed by atoms with Gasteiger partial charge in [0.05, 0.1) is 36.2 Å². The molecule has 7 heteroatoms. The highest BCUT2D eigenvalue weighted by molar-refractivity contribution is 6.04. The van der Waals surface area contributed by atoms with E-state index in [1.165, 1.54) is 0 Å². The lowest BCUT2D eigenvalue weighted by atomic mass is 10.0. The highest BCUT2D eigenvalue weighted by Crippen LogP contribution is 2.26. The van der Waals surface area contributed by atoms with E-state index in [1.54, 1.807) is 18.5 Å². The van der Waals surface area contributed by atoms with Crippen LogP contribution in [-0.2, 0) is 9.47 Å². The van der Waals surface area contributed by atoms with Crippen LogP contribution in [0.25, 0.3) is 22.2 Å². The van der Waals surface area contributed by atoms with Gasteiger partial charge >= 0.3 is 5.97 Å². The van der Waals surface area contributed by atoms with Crippen LogP contribution in [0, 0.1) is 0 Å². The van der Waals surface area contributed by atoms with E-state index in [9.17, 15) is 4.79 Å². The number of aromatic nitrogens is 3.